The number of hydrogen-bond acceptors (Lipinski definition) is 4. The van der Waals surface area contributed by atoms with Gasteiger partial charge >= 0.3 is 0 Å². The van der Waals surface area contributed by atoms with Gasteiger partial charge in [0.15, 0.2) is 0 Å². The maximum atomic E-state index is 5.15. The molecule has 0 spiro atoms. The van der Waals surface area contributed by atoms with Gasteiger partial charge in [0.05, 0.1) is 6.61 Å². The molecule has 1 fully saturated rings. The molecule has 1 aliphatic heterocycles. The Morgan fingerprint density at radius 3 is 2.30 bits per heavy atom. The van der Waals surface area contributed by atoms with E-state index in [2.05, 4.69) is 29.0 Å². The minimum Gasteiger partial charge on any atom is -0.383 e. The smallest absolute Gasteiger partial charge is 0.0589 e. The van der Waals surface area contributed by atoms with Crippen LogP contribution < -0.4 is 5.32 Å². The summed E-state index contributed by atoms with van der Waals surface area (Å²) in [4.78, 5) is 5.10. The second-order valence-electron chi connectivity index (χ2n) is 5.90. The third kappa shape index (κ3) is 7.58. The highest BCUT2D eigenvalue weighted by atomic mass is 16.5. The third-order valence-corrected chi connectivity index (χ3v) is 4.14. The molecule has 4 nitrogen and oxygen atoms in total. The molecule has 0 aliphatic carbocycles. The summed E-state index contributed by atoms with van der Waals surface area (Å²) in [5.41, 5.74) is 0. The van der Waals surface area contributed by atoms with Crippen LogP contribution in [0.4, 0.5) is 0 Å². The second-order valence-corrected chi connectivity index (χ2v) is 5.90. The van der Waals surface area contributed by atoms with E-state index in [1.165, 1.54) is 58.4 Å². The lowest BCUT2D eigenvalue weighted by molar-refractivity contribution is 0.125. The number of nitrogens with zero attached hydrogens (tertiary/aromatic N) is 2. The molecule has 0 atom stereocenters. The van der Waals surface area contributed by atoms with Crippen molar-refractivity contribution in [2.45, 2.75) is 45.6 Å². The van der Waals surface area contributed by atoms with Crippen molar-refractivity contribution in [2.24, 2.45) is 0 Å². The Labute approximate surface area is 125 Å². The molecule has 0 aromatic rings. The van der Waals surface area contributed by atoms with E-state index in [0.717, 1.165) is 25.7 Å². The van der Waals surface area contributed by atoms with Crippen molar-refractivity contribution in [1.82, 2.24) is 15.1 Å². The van der Waals surface area contributed by atoms with Crippen LogP contribution in [0.2, 0.25) is 0 Å². The summed E-state index contributed by atoms with van der Waals surface area (Å²) in [6, 6.07) is 0.721. The van der Waals surface area contributed by atoms with E-state index in [1.54, 1.807) is 7.11 Å². The molecule has 120 valence electrons. The van der Waals surface area contributed by atoms with Crippen LogP contribution in [-0.4, -0.2) is 75.4 Å². The highest BCUT2D eigenvalue weighted by molar-refractivity contribution is 4.77. The fourth-order valence-electron chi connectivity index (χ4n) is 2.98. The molecule has 1 saturated heterocycles. The molecule has 1 aliphatic rings. The Morgan fingerprint density at radius 1 is 1.10 bits per heavy atom. The molecule has 0 aromatic carbocycles. The van der Waals surface area contributed by atoms with Gasteiger partial charge in [0.25, 0.3) is 0 Å². The second kappa shape index (κ2) is 11.5. The van der Waals surface area contributed by atoms with Gasteiger partial charge in [0, 0.05) is 32.8 Å². The van der Waals surface area contributed by atoms with Crippen LogP contribution in [0.5, 0.6) is 0 Å². The Morgan fingerprint density at radius 2 is 1.75 bits per heavy atom. The Kier molecular flexibility index (Phi) is 10.3. The largest absolute Gasteiger partial charge is 0.383 e. The summed E-state index contributed by atoms with van der Waals surface area (Å²) in [7, 11) is 1.78. The lowest BCUT2D eigenvalue weighted by Gasteiger charge is -2.32. The van der Waals surface area contributed by atoms with Gasteiger partial charge in [-0.15, -0.1) is 0 Å². The molecular weight excluding hydrogens is 250 g/mol. The number of likely N-dealkylation sites (tertiary alicyclic amines) is 1. The average molecular weight is 285 g/mol. The Balaban J connectivity index is 2.08. The minimum absolute atomic E-state index is 0.721. The topological polar surface area (TPSA) is 27.7 Å². The molecule has 4 heteroatoms. The van der Waals surface area contributed by atoms with Crippen LogP contribution in [0.25, 0.3) is 0 Å². The fraction of sp³-hybridized carbons (Fsp3) is 1.00. The van der Waals surface area contributed by atoms with E-state index < -0.39 is 0 Å². The van der Waals surface area contributed by atoms with Gasteiger partial charge in [0.1, 0.15) is 0 Å². The summed E-state index contributed by atoms with van der Waals surface area (Å²) < 4.78 is 5.15. The zero-order valence-corrected chi connectivity index (χ0v) is 13.9. The van der Waals surface area contributed by atoms with Gasteiger partial charge < -0.3 is 19.9 Å². The zero-order valence-electron chi connectivity index (χ0n) is 13.9. The number of hydrogen-bond donors (Lipinski definition) is 1. The maximum absolute atomic E-state index is 5.15. The van der Waals surface area contributed by atoms with Crippen LogP contribution in [0.1, 0.15) is 39.5 Å². The summed E-state index contributed by atoms with van der Waals surface area (Å²) in [6.45, 7) is 13.7. The number of nitrogens with one attached hydrogen (secondary N) is 1. The summed E-state index contributed by atoms with van der Waals surface area (Å²) >= 11 is 0. The number of ether oxygens (including phenoxy) is 1. The fourth-order valence-corrected chi connectivity index (χ4v) is 2.98. The quantitative estimate of drug-likeness (QED) is 0.626. The minimum atomic E-state index is 0.721. The van der Waals surface area contributed by atoms with E-state index in [4.69, 9.17) is 4.74 Å². The van der Waals surface area contributed by atoms with Gasteiger partial charge in [-0.2, -0.15) is 0 Å². The summed E-state index contributed by atoms with van der Waals surface area (Å²) in [5.74, 6) is 0. The van der Waals surface area contributed by atoms with Crippen LogP contribution in [0, 0.1) is 0 Å². The lowest BCUT2D eigenvalue weighted by Crippen LogP contribution is -2.45. The first-order valence-electron chi connectivity index (χ1n) is 8.47. The molecule has 0 bridgehead atoms. The predicted octanol–water partition coefficient (Wildman–Crippen LogP) is 1.81. The monoisotopic (exact) mass is 285 g/mol. The molecule has 0 aromatic heterocycles. The van der Waals surface area contributed by atoms with E-state index in [-0.39, 0.29) is 0 Å². The number of methoxy groups -OCH3 is 1. The summed E-state index contributed by atoms with van der Waals surface area (Å²) in [6.07, 6.45) is 5.09. The van der Waals surface area contributed by atoms with Gasteiger partial charge in [-0.25, -0.2) is 0 Å². The van der Waals surface area contributed by atoms with Crippen molar-refractivity contribution in [1.29, 1.82) is 0 Å². The number of piperidine rings is 1. The van der Waals surface area contributed by atoms with Gasteiger partial charge in [-0.1, -0.05) is 13.8 Å². The first-order chi connectivity index (χ1) is 9.80. The molecule has 0 unspecified atom stereocenters. The van der Waals surface area contributed by atoms with Gasteiger partial charge in [0.2, 0.25) is 0 Å². The predicted molar refractivity (Wildman–Crippen MR) is 86.4 cm³/mol. The molecule has 1 rings (SSSR count). The Bertz CT molecular complexity index is 212. The third-order valence-electron chi connectivity index (χ3n) is 4.14. The van der Waals surface area contributed by atoms with Crippen LogP contribution in [0.15, 0.2) is 0 Å². The highest BCUT2D eigenvalue weighted by Crippen LogP contribution is 2.09. The van der Waals surface area contributed by atoms with E-state index in [9.17, 15) is 0 Å². The molecule has 1 N–H and O–H groups in total. The van der Waals surface area contributed by atoms with Crippen LogP contribution >= 0.6 is 0 Å². The lowest BCUT2D eigenvalue weighted by atomic mass is 10.1. The van der Waals surface area contributed by atoms with Crippen LogP contribution in [0.3, 0.4) is 0 Å². The first kappa shape index (κ1) is 17.9. The van der Waals surface area contributed by atoms with Crippen molar-refractivity contribution in [2.75, 3.05) is 59.5 Å². The molecule has 1 heterocycles. The van der Waals surface area contributed by atoms with Crippen molar-refractivity contribution >= 4 is 0 Å². The van der Waals surface area contributed by atoms with Crippen molar-refractivity contribution < 1.29 is 4.74 Å². The molecule has 20 heavy (non-hydrogen) atoms. The molecule has 0 amide bonds. The zero-order chi connectivity index (χ0) is 14.6. The molecular formula is C16H35N3O. The van der Waals surface area contributed by atoms with Gasteiger partial charge in [-0.05, 0) is 51.9 Å². The van der Waals surface area contributed by atoms with E-state index >= 15 is 0 Å². The first-order valence-corrected chi connectivity index (χ1v) is 8.47. The SMILES string of the molecule is CCCN(CCC)CCNC1CCN(CCOC)CC1. The summed E-state index contributed by atoms with van der Waals surface area (Å²) in [5, 5.41) is 3.75. The number of rotatable bonds is 11. The van der Waals surface area contributed by atoms with Crippen molar-refractivity contribution in [3.05, 3.63) is 0 Å². The molecule has 0 saturated carbocycles. The van der Waals surface area contributed by atoms with Gasteiger partial charge in [-0.3, -0.25) is 0 Å². The van der Waals surface area contributed by atoms with Crippen molar-refractivity contribution in [3.63, 3.8) is 0 Å². The average Bonchev–Trinajstić information content (AvgIpc) is 2.47. The van der Waals surface area contributed by atoms with E-state index in [0.29, 0.717) is 0 Å². The van der Waals surface area contributed by atoms with Crippen molar-refractivity contribution in [3.8, 4) is 0 Å². The standard InChI is InChI=1S/C16H35N3O/c1-4-9-18(10-5-2)13-8-17-16-6-11-19(12-7-16)14-15-20-3/h16-17H,4-15H2,1-3H3. The molecule has 0 radical (unpaired) electrons. The maximum Gasteiger partial charge on any atom is 0.0589 e. The highest BCUT2D eigenvalue weighted by Gasteiger charge is 2.18. The Hall–Kier alpha value is -0.160. The van der Waals surface area contributed by atoms with E-state index in [1.807, 2.05) is 0 Å². The normalized spacial score (nSPS) is 18.0. The van der Waals surface area contributed by atoms with Crippen LogP contribution in [-0.2, 0) is 4.74 Å².